The molecule has 0 radical (unpaired) electrons. The first kappa shape index (κ1) is 19.1. The minimum absolute atomic E-state index is 0.164. The van der Waals surface area contributed by atoms with Gasteiger partial charge in [0.15, 0.2) is 16.7 Å². The molecule has 0 saturated heterocycles. The summed E-state index contributed by atoms with van der Waals surface area (Å²) in [6, 6.07) is 14.4. The Morgan fingerprint density at radius 3 is 2.57 bits per heavy atom. The van der Waals surface area contributed by atoms with Crippen LogP contribution in [0, 0.1) is 6.92 Å². The maximum absolute atomic E-state index is 5.67. The average Bonchev–Trinajstić information content (AvgIpc) is 3.54. The number of furan rings is 1. The van der Waals surface area contributed by atoms with Gasteiger partial charge in [-0.3, -0.25) is 4.57 Å². The lowest BCUT2D eigenvalue weighted by Crippen LogP contribution is -2.15. The molecule has 1 aromatic carbocycles. The summed E-state index contributed by atoms with van der Waals surface area (Å²) in [6.07, 6.45) is 7.64. The summed E-state index contributed by atoms with van der Waals surface area (Å²) < 4.78 is 13.5. The standard InChI is InChI=1S/C22H23N5O2S/c1-15-23-21(29-26-15)19(16-9-4-2-5-10-16)30-22-25-24-20(18-13-8-14-28-18)27(22)17-11-6-3-7-12-17/h2,4-5,8-10,13-14,17,19H,3,6-7,11-12H2,1H3. The third-order valence-electron chi connectivity index (χ3n) is 5.44. The molecular weight excluding hydrogens is 398 g/mol. The summed E-state index contributed by atoms with van der Waals surface area (Å²) in [5.74, 6) is 2.71. The molecule has 1 saturated carbocycles. The fourth-order valence-corrected chi connectivity index (χ4v) is 5.15. The van der Waals surface area contributed by atoms with Gasteiger partial charge in [-0.1, -0.05) is 66.5 Å². The quantitative estimate of drug-likeness (QED) is 0.374. The van der Waals surface area contributed by atoms with E-state index in [4.69, 9.17) is 8.94 Å². The summed E-state index contributed by atoms with van der Waals surface area (Å²) in [7, 11) is 0. The molecule has 154 valence electrons. The highest BCUT2D eigenvalue weighted by Crippen LogP contribution is 2.43. The third kappa shape index (κ3) is 3.79. The number of thioether (sulfide) groups is 1. The van der Waals surface area contributed by atoms with Gasteiger partial charge in [-0.25, -0.2) is 0 Å². The Labute approximate surface area is 178 Å². The molecule has 3 aromatic heterocycles. The number of benzene rings is 1. The van der Waals surface area contributed by atoms with Gasteiger partial charge in [0.1, 0.15) is 5.25 Å². The van der Waals surface area contributed by atoms with Crippen molar-refractivity contribution in [1.29, 1.82) is 0 Å². The minimum Gasteiger partial charge on any atom is -0.461 e. The number of aryl methyl sites for hydroxylation is 1. The van der Waals surface area contributed by atoms with Crippen molar-refractivity contribution < 1.29 is 8.94 Å². The highest BCUT2D eigenvalue weighted by atomic mass is 32.2. The van der Waals surface area contributed by atoms with Crippen LogP contribution in [0.3, 0.4) is 0 Å². The van der Waals surface area contributed by atoms with Crippen LogP contribution in [-0.2, 0) is 0 Å². The van der Waals surface area contributed by atoms with Gasteiger partial charge in [0.2, 0.25) is 11.7 Å². The van der Waals surface area contributed by atoms with E-state index >= 15 is 0 Å². The lowest BCUT2D eigenvalue weighted by Gasteiger charge is -2.25. The van der Waals surface area contributed by atoms with Gasteiger partial charge in [-0.2, -0.15) is 4.98 Å². The van der Waals surface area contributed by atoms with Crippen molar-refractivity contribution in [1.82, 2.24) is 24.9 Å². The number of nitrogens with zero attached hydrogens (tertiary/aromatic N) is 5. The van der Waals surface area contributed by atoms with Crippen molar-refractivity contribution in [3.8, 4) is 11.6 Å². The smallest absolute Gasteiger partial charge is 0.244 e. The first-order valence-electron chi connectivity index (χ1n) is 10.3. The average molecular weight is 422 g/mol. The van der Waals surface area contributed by atoms with E-state index in [2.05, 4.69) is 37.0 Å². The van der Waals surface area contributed by atoms with E-state index < -0.39 is 0 Å². The number of hydrogen-bond acceptors (Lipinski definition) is 7. The Hall–Kier alpha value is -2.87. The maximum atomic E-state index is 5.67. The van der Waals surface area contributed by atoms with Gasteiger partial charge < -0.3 is 8.94 Å². The monoisotopic (exact) mass is 421 g/mol. The molecule has 3 heterocycles. The lowest BCUT2D eigenvalue weighted by atomic mass is 9.95. The Kier molecular flexibility index (Phi) is 5.40. The van der Waals surface area contributed by atoms with Crippen LogP contribution in [0.2, 0.25) is 0 Å². The number of aromatic nitrogens is 5. The van der Waals surface area contributed by atoms with Crippen molar-refractivity contribution in [3.63, 3.8) is 0 Å². The second-order valence-electron chi connectivity index (χ2n) is 7.53. The highest BCUT2D eigenvalue weighted by molar-refractivity contribution is 7.99. The topological polar surface area (TPSA) is 82.8 Å². The SMILES string of the molecule is Cc1noc(C(Sc2nnc(-c3ccco3)n2C2CCCCC2)c2ccccc2)n1. The van der Waals surface area contributed by atoms with Gasteiger partial charge in [0.05, 0.1) is 6.26 Å². The predicted molar refractivity (Wildman–Crippen MR) is 113 cm³/mol. The fraction of sp³-hybridized carbons (Fsp3) is 0.364. The molecule has 1 aliphatic rings. The predicted octanol–water partition coefficient (Wildman–Crippen LogP) is 5.62. The molecule has 0 N–H and O–H groups in total. The van der Waals surface area contributed by atoms with Crippen molar-refractivity contribution in [2.24, 2.45) is 0 Å². The van der Waals surface area contributed by atoms with Crippen LogP contribution in [0.1, 0.15) is 60.7 Å². The van der Waals surface area contributed by atoms with E-state index in [-0.39, 0.29) is 5.25 Å². The number of rotatable bonds is 6. The van der Waals surface area contributed by atoms with Gasteiger partial charge in [0, 0.05) is 6.04 Å². The van der Waals surface area contributed by atoms with Crippen molar-refractivity contribution in [2.45, 2.75) is 55.5 Å². The van der Waals surface area contributed by atoms with Crippen LogP contribution >= 0.6 is 11.8 Å². The third-order valence-corrected chi connectivity index (χ3v) is 6.64. The van der Waals surface area contributed by atoms with Crippen LogP contribution in [0.4, 0.5) is 0 Å². The minimum atomic E-state index is -0.164. The van der Waals surface area contributed by atoms with Crippen molar-refractivity contribution in [3.05, 3.63) is 66.0 Å². The fourth-order valence-electron chi connectivity index (χ4n) is 4.01. The van der Waals surface area contributed by atoms with E-state index in [1.54, 1.807) is 18.0 Å². The molecular formula is C22H23N5O2S. The van der Waals surface area contributed by atoms with Crippen LogP contribution < -0.4 is 0 Å². The molecule has 30 heavy (non-hydrogen) atoms. The zero-order chi connectivity index (χ0) is 20.3. The zero-order valence-electron chi connectivity index (χ0n) is 16.8. The molecule has 1 aliphatic carbocycles. The summed E-state index contributed by atoms with van der Waals surface area (Å²) >= 11 is 1.60. The molecule has 0 amide bonds. The van der Waals surface area contributed by atoms with Crippen molar-refractivity contribution >= 4 is 11.8 Å². The van der Waals surface area contributed by atoms with E-state index in [0.29, 0.717) is 17.8 Å². The first-order chi connectivity index (χ1) is 14.8. The van der Waals surface area contributed by atoms with E-state index in [1.807, 2.05) is 37.3 Å². The van der Waals surface area contributed by atoms with Crippen molar-refractivity contribution in [2.75, 3.05) is 0 Å². The Balaban J connectivity index is 1.56. The molecule has 8 heteroatoms. The Morgan fingerprint density at radius 2 is 1.87 bits per heavy atom. The van der Waals surface area contributed by atoms with Crippen LogP contribution in [0.25, 0.3) is 11.6 Å². The second-order valence-corrected chi connectivity index (χ2v) is 8.61. The van der Waals surface area contributed by atoms with Crippen LogP contribution in [0.15, 0.2) is 62.8 Å². The van der Waals surface area contributed by atoms with Crippen LogP contribution in [0.5, 0.6) is 0 Å². The van der Waals surface area contributed by atoms with Gasteiger partial charge in [-0.15, -0.1) is 10.2 Å². The van der Waals surface area contributed by atoms with Gasteiger partial charge in [0.25, 0.3) is 0 Å². The highest BCUT2D eigenvalue weighted by Gasteiger charge is 2.29. The molecule has 0 bridgehead atoms. The molecule has 0 spiro atoms. The van der Waals surface area contributed by atoms with E-state index in [1.165, 1.54) is 19.3 Å². The largest absolute Gasteiger partial charge is 0.461 e. The zero-order valence-corrected chi connectivity index (χ0v) is 17.6. The summed E-state index contributed by atoms with van der Waals surface area (Å²) in [6.45, 7) is 1.83. The maximum Gasteiger partial charge on any atom is 0.244 e. The number of hydrogen-bond donors (Lipinski definition) is 0. The molecule has 4 aromatic rings. The van der Waals surface area contributed by atoms with Gasteiger partial charge >= 0.3 is 0 Å². The Morgan fingerprint density at radius 1 is 1.03 bits per heavy atom. The first-order valence-corrected chi connectivity index (χ1v) is 11.2. The summed E-state index contributed by atoms with van der Waals surface area (Å²) in [5.41, 5.74) is 1.09. The Bertz CT molecular complexity index is 1080. The normalized spacial score (nSPS) is 16.0. The van der Waals surface area contributed by atoms with Crippen LogP contribution in [-0.4, -0.2) is 24.9 Å². The molecule has 5 rings (SSSR count). The molecule has 0 aliphatic heterocycles. The molecule has 1 unspecified atom stereocenters. The summed E-state index contributed by atoms with van der Waals surface area (Å²) in [4.78, 5) is 4.51. The summed E-state index contributed by atoms with van der Waals surface area (Å²) in [5, 5.41) is 13.8. The van der Waals surface area contributed by atoms with E-state index in [0.717, 1.165) is 35.1 Å². The second kappa shape index (κ2) is 8.47. The molecule has 7 nitrogen and oxygen atoms in total. The van der Waals surface area contributed by atoms with E-state index in [9.17, 15) is 0 Å². The molecule has 1 atom stereocenters. The van der Waals surface area contributed by atoms with Gasteiger partial charge in [-0.05, 0) is 37.5 Å². The lowest BCUT2D eigenvalue weighted by molar-refractivity contribution is 0.337. The molecule has 1 fully saturated rings.